The van der Waals surface area contributed by atoms with E-state index < -0.39 is 0 Å². The molecule has 2 aromatic carbocycles. The number of unbranched alkanes of at least 4 members (excludes halogenated alkanes) is 1. The van der Waals surface area contributed by atoms with Gasteiger partial charge < -0.3 is 9.72 Å². The van der Waals surface area contributed by atoms with Gasteiger partial charge in [-0.1, -0.05) is 30.3 Å². The van der Waals surface area contributed by atoms with E-state index in [4.69, 9.17) is 4.74 Å². The summed E-state index contributed by atoms with van der Waals surface area (Å²) in [6, 6.07) is 15.5. The second kappa shape index (κ2) is 7.27. The number of H-pyrrole nitrogens is 1. The molecule has 0 unspecified atom stereocenters. The first kappa shape index (κ1) is 16.2. The molecule has 0 amide bonds. The molecule has 1 N–H and O–H groups in total. The van der Waals surface area contributed by atoms with Crippen LogP contribution in [0.15, 0.2) is 48.5 Å². The smallest absolute Gasteiger partial charge is 0.293 e. The summed E-state index contributed by atoms with van der Waals surface area (Å²) in [5, 5.41) is 12.3. The molecule has 1 aromatic heterocycles. The van der Waals surface area contributed by atoms with Gasteiger partial charge in [0.15, 0.2) is 0 Å². The predicted molar refractivity (Wildman–Crippen MR) is 95.2 cm³/mol. The molecule has 5 heteroatoms. The summed E-state index contributed by atoms with van der Waals surface area (Å²) >= 11 is 0. The van der Waals surface area contributed by atoms with E-state index in [2.05, 4.69) is 4.98 Å². The zero-order valence-electron chi connectivity index (χ0n) is 13.6. The van der Waals surface area contributed by atoms with Crippen molar-refractivity contribution in [1.29, 1.82) is 0 Å². The first-order chi connectivity index (χ1) is 11.7. The number of nitrogens with zero attached hydrogens (tertiary/aromatic N) is 1. The molecular formula is C19H20N2O3. The van der Waals surface area contributed by atoms with E-state index in [1.54, 1.807) is 13.2 Å². The first-order valence-electron chi connectivity index (χ1n) is 8.03. The highest BCUT2D eigenvalue weighted by atomic mass is 16.6. The van der Waals surface area contributed by atoms with E-state index in [0.717, 1.165) is 41.5 Å². The van der Waals surface area contributed by atoms with E-state index in [1.165, 1.54) is 0 Å². The number of fused-ring (bicyclic) bond motifs is 1. The molecule has 24 heavy (non-hydrogen) atoms. The number of methoxy groups -OCH3 is 1. The van der Waals surface area contributed by atoms with Crippen molar-refractivity contribution in [1.82, 2.24) is 4.98 Å². The van der Waals surface area contributed by atoms with Crippen molar-refractivity contribution in [3.8, 4) is 11.3 Å². The Morgan fingerprint density at radius 2 is 1.92 bits per heavy atom. The summed E-state index contributed by atoms with van der Waals surface area (Å²) in [6.07, 6.45) is 2.71. The zero-order chi connectivity index (χ0) is 16.9. The molecule has 3 aromatic rings. The average Bonchev–Trinajstić information content (AvgIpc) is 3.02. The largest absolute Gasteiger partial charge is 0.385 e. The molecule has 124 valence electrons. The van der Waals surface area contributed by atoms with Gasteiger partial charge in [0.2, 0.25) is 0 Å². The monoisotopic (exact) mass is 324 g/mol. The van der Waals surface area contributed by atoms with Crippen LogP contribution in [0.5, 0.6) is 0 Å². The number of aromatic amines is 1. The van der Waals surface area contributed by atoms with E-state index in [9.17, 15) is 10.1 Å². The zero-order valence-corrected chi connectivity index (χ0v) is 13.6. The molecule has 1 heterocycles. The number of nitro groups is 1. The number of non-ortho nitro benzene ring substituents is 1. The molecule has 3 rings (SSSR count). The Morgan fingerprint density at radius 1 is 1.12 bits per heavy atom. The lowest BCUT2D eigenvalue weighted by atomic mass is 10.0. The van der Waals surface area contributed by atoms with Gasteiger partial charge in [-0.3, -0.25) is 10.1 Å². The third kappa shape index (κ3) is 3.46. The standard InChI is InChI=1S/C19H20N2O3/c1-24-10-6-5-7-14-11-16-13-17(15-8-3-2-4-9-15)20-19(16)18(12-14)21(22)23/h2-4,8-9,11-13,20H,5-7,10H2,1H3. The maximum atomic E-state index is 11.5. The van der Waals surface area contributed by atoms with Gasteiger partial charge in [0.05, 0.1) is 4.92 Å². The minimum Gasteiger partial charge on any atom is -0.385 e. The molecule has 0 atom stereocenters. The van der Waals surface area contributed by atoms with Gasteiger partial charge in [-0.25, -0.2) is 0 Å². The van der Waals surface area contributed by atoms with E-state index >= 15 is 0 Å². The topological polar surface area (TPSA) is 68.2 Å². The second-order valence-electron chi connectivity index (χ2n) is 5.84. The summed E-state index contributed by atoms with van der Waals surface area (Å²) in [5.74, 6) is 0. The lowest BCUT2D eigenvalue weighted by Crippen LogP contribution is -1.95. The summed E-state index contributed by atoms with van der Waals surface area (Å²) < 4.78 is 5.05. The molecule has 0 aliphatic heterocycles. The molecule has 0 fully saturated rings. The maximum absolute atomic E-state index is 11.5. The third-order valence-electron chi connectivity index (χ3n) is 4.11. The van der Waals surface area contributed by atoms with E-state index in [1.807, 2.05) is 42.5 Å². The molecule has 0 aliphatic rings. The van der Waals surface area contributed by atoms with E-state index in [-0.39, 0.29) is 10.6 Å². The minimum absolute atomic E-state index is 0.136. The summed E-state index contributed by atoms with van der Waals surface area (Å²) in [7, 11) is 1.68. The van der Waals surface area contributed by atoms with Gasteiger partial charge in [-0.15, -0.1) is 0 Å². The van der Waals surface area contributed by atoms with Crippen LogP contribution in [0.3, 0.4) is 0 Å². The van der Waals surface area contributed by atoms with Crippen molar-refractivity contribution < 1.29 is 9.66 Å². The molecule has 0 aliphatic carbocycles. The van der Waals surface area contributed by atoms with Crippen molar-refractivity contribution in [3.05, 3.63) is 64.2 Å². The Morgan fingerprint density at radius 3 is 2.62 bits per heavy atom. The number of hydrogen-bond acceptors (Lipinski definition) is 3. The number of aromatic nitrogens is 1. The van der Waals surface area contributed by atoms with Crippen molar-refractivity contribution in [2.24, 2.45) is 0 Å². The molecule has 0 spiro atoms. The van der Waals surface area contributed by atoms with Gasteiger partial charge in [-0.2, -0.15) is 0 Å². The fourth-order valence-corrected chi connectivity index (χ4v) is 2.92. The number of aryl methyl sites for hydroxylation is 1. The Bertz CT molecular complexity index is 840. The molecule has 0 radical (unpaired) electrons. The second-order valence-corrected chi connectivity index (χ2v) is 5.84. The molecule has 0 bridgehead atoms. The van der Waals surface area contributed by atoms with Crippen molar-refractivity contribution in [2.45, 2.75) is 19.3 Å². The van der Waals surface area contributed by atoms with Gasteiger partial charge in [0.1, 0.15) is 5.52 Å². The number of hydrogen-bond donors (Lipinski definition) is 1. The number of rotatable bonds is 7. The highest BCUT2D eigenvalue weighted by Crippen LogP contribution is 2.31. The van der Waals surface area contributed by atoms with Crippen LogP contribution in [0.25, 0.3) is 22.2 Å². The Labute approximate surface area is 140 Å². The van der Waals surface area contributed by atoms with Crippen LogP contribution in [0.4, 0.5) is 5.69 Å². The lowest BCUT2D eigenvalue weighted by molar-refractivity contribution is -0.383. The van der Waals surface area contributed by atoms with Gasteiger partial charge in [0, 0.05) is 30.9 Å². The summed E-state index contributed by atoms with van der Waals surface area (Å²) in [4.78, 5) is 14.3. The van der Waals surface area contributed by atoms with Crippen molar-refractivity contribution >= 4 is 16.6 Å². The highest BCUT2D eigenvalue weighted by Gasteiger charge is 2.17. The molecule has 0 saturated heterocycles. The van der Waals surface area contributed by atoms with Crippen LogP contribution in [-0.2, 0) is 11.2 Å². The number of benzene rings is 2. The van der Waals surface area contributed by atoms with Gasteiger partial charge in [-0.05, 0) is 42.5 Å². The predicted octanol–water partition coefficient (Wildman–Crippen LogP) is 4.71. The summed E-state index contributed by atoms with van der Waals surface area (Å²) in [5.41, 5.74) is 3.62. The van der Waals surface area contributed by atoms with Crippen molar-refractivity contribution in [2.75, 3.05) is 13.7 Å². The fraction of sp³-hybridized carbons (Fsp3) is 0.263. The number of nitrogens with one attached hydrogen (secondary N) is 1. The molecule has 5 nitrogen and oxygen atoms in total. The Kier molecular flexibility index (Phi) is 4.91. The Balaban J connectivity index is 1.97. The normalized spacial score (nSPS) is 11.0. The Hall–Kier alpha value is -2.66. The van der Waals surface area contributed by atoms with Crippen LogP contribution < -0.4 is 0 Å². The van der Waals surface area contributed by atoms with Crippen LogP contribution >= 0.6 is 0 Å². The van der Waals surface area contributed by atoms with Crippen LogP contribution in [-0.4, -0.2) is 23.6 Å². The SMILES string of the molecule is COCCCCc1cc([N+](=O)[O-])c2[nH]c(-c3ccccc3)cc2c1. The summed E-state index contributed by atoms with van der Waals surface area (Å²) in [6.45, 7) is 0.715. The quantitative estimate of drug-likeness (QED) is 0.389. The highest BCUT2D eigenvalue weighted by molar-refractivity contribution is 5.93. The van der Waals surface area contributed by atoms with Crippen LogP contribution in [0.2, 0.25) is 0 Å². The van der Waals surface area contributed by atoms with Crippen LogP contribution in [0, 0.1) is 10.1 Å². The van der Waals surface area contributed by atoms with Crippen molar-refractivity contribution in [3.63, 3.8) is 0 Å². The molecular weight excluding hydrogens is 304 g/mol. The maximum Gasteiger partial charge on any atom is 0.293 e. The number of ether oxygens (including phenoxy) is 1. The fourth-order valence-electron chi connectivity index (χ4n) is 2.92. The van der Waals surface area contributed by atoms with Gasteiger partial charge in [0.25, 0.3) is 5.69 Å². The number of nitro benzene ring substituents is 1. The van der Waals surface area contributed by atoms with Gasteiger partial charge >= 0.3 is 0 Å². The lowest BCUT2D eigenvalue weighted by Gasteiger charge is -2.03. The van der Waals surface area contributed by atoms with E-state index in [0.29, 0.717) is 12.1 Å². The third-order valence-corrected chi connectivity index (χ3v) is 4.11. The van der Waals surface area contributed by atoms with Crippen LogP contribution in [0.1, 0.15) is 18.4 Å². The molecule has 0 saturated carbocycles. The minimum atomic E-state index is -0.313. The first-order valence-corrected chi connectivity index (χ1v) is 8.03. The average molecular weight is 324 g/mol.